The smallest absolute Gasteiger partial charge is 0.340 e. The highest BCUT2D eigenvalue weighted by Crippen LogP contribution is 2.56. The molecule has 1 aliphatic carbocycles. The lowest BCUT2D eigenvalue weighted by atomic mass is 9.62. The van der Waals surface area contributed by atoms with Crippen molar-refractivity contribution in [2.45, 2.75) is 32.1 Å². The number of ether oxygens (including phenoxy) is 2. The fraction of sp³-hybridized carbons (Fsp3) is 0.350. The summed E-state index contributed by atoms with van der Waals surface area (Å²) in [5.74, 6) is -1.47. The van der Waals surface area contributed by atoms with Crippen molar-refractivity contribution in [3.05, 3.63) is 51.0 Å². The number of benzene rings is 1. The lowest BCUT2D eigenvalue weighted by Gasteiger charge is -2.41. The lowest BCUT2D eigenvalue weighted by Crippen LogP contribution is -2.50. The second-order valence-electron chi connectivity index (χ2n) is 7.97. The van der Waals surface area contributed by atoms with Crippen LogP contribution in [0.1, 0.15) is 32.3 Å². The summed E-state index contributed by atoms with van der Waals surface area (Å²) in [5.41, 5.74) is 5.07. The molecule has 1 aromatic carbocycles. The number of nitrogens with two attached hydrogens (primary N) is 1. The van der Waals surface area contributed by atoms with Gasteiger partial charge in [0.2, 0.25) is 11.8 Å². The van der Waals surface area contributed by atoms with Gasteiger partial charge in [-0.15, -0.1) is 0 Å². The molecule has 1 amide bonds. The summed E-state index contributed by atoms with van der Waals surface area (Å²) in [4.78, 5) is 39.3. The summed E-state index contributed by atoms with van der Waals surface area (Å²) >= 11 is 3.38. The minimum atomic E-state index is -1.69. The van der Waals surface area contributed by atoms with Crippen LogP contribution in [0.25, 0.3) is 0 Å². The second-order valence-corrected chi connectivity index (χ2v) is 8.88. The quantitative estimate of drug-likeness (QED) is 0.641. The molecule has 4 rings (SSSR count). The number of anilines is 1. The number of amides is 1. The third-order valence-corrected chi connectivity index (χ3v) is 5.92. The van der Waals surface area contributed by atoms with E-state index in [1.54, 1.807) is 18.2 Å². The number of fused-ring (bicyclic) bond motifs is 3. The molecule has 0 aromatic heterocycles. The van der Waals surface area contributed by atoms with Crippen LogP contribution in [0.5, 0.6) is 0 Å². The largest absolute Gasteiger partial charge is 0.465 e. The first-order chi connectivity index (χ1) is 13.1. The van der Waals surface area contributed by atoms with Crippen LogP contribution in [0.2, 0.25) is 0 Å². The summed E-state index contributed by atoms with van der Waals surface area (Å²) in [5, 5.41) is 2.79. The molecule has 1 aromatic rings. The van der Waals surface area contributed by atoms with Crippen molar-refractivity contribution in [2.24, 2.45) is 11.1 Å². The van der Waals surface area contributed by atoms with E-state index in [4.69, 9.17) is 15.2 Å². The Bertz CT molecular complexity index is 1020. The van der Waals surface area contributed by atoms with Crippen LogP contribution < -0.4 is 11.1 Å². The molecule has 8 heteroatoms. The van der Waals surface area contributed by atoms with Gasteiger partial charge in [-0.3, -0.25) is 9.59 Å². The highest BCUT2D eigenvalue weighted by molar-refractivity contribution is 9.10. The highest BCUT2D eigenvalue weighted by Gasteiger charge is 2.62. The Morgan fingerprint density at radius 1 is 1.29 bits per heavy atom. The number of halogens is 1. The van der Waals surface area contributed by atoms with Crippen LogP contribution in [0, 0.1) is 5.41 Å². The van der Waals surface area contributed by atoms with Crippen molar-refractivity contribution < 1.29 is 23.9 Å². The Hall–Kier alpha value is -2.61. The van der Waals surface area contributed by atoms with Gasteiger partial charge >= 0.3 is 5.97 Å². The third kappa shape index (κ3) is 2.37. The van der Waals surface area contributed by atoms with Crippen molar-refractivity contribution in [1.82, 2.24) is 0 Å². The minimum absolute atomic E-state index is 0.166. The van der Waals surface area contributed by atoms with Gasteiger partial charge < -0.3 is 20.5 Å². The van der Waals surface area contributed by atoms with Gasteiger partial charge in [-0.05, 0) is 17.5 Å². The first kappa shape index (κ1) is 18.7. The lowest BCUT2D eigenvalue weighted by molar-refractivity contribution is -0.139. The fourth-order valence-corrected chi connectivity index (χ4v) is 4.76. The molecule has 0 saturated carbocycles. The fourth-order valence-electron chi connectivity index (χ4n) is 4.40. The molecule has 1 atom stereocenters. The molecular formula is C20H19BrN2O5. The second kappa shape index (κ2) is 5.94. The predicted octanol–water partition coefficient (Wildman–Crippen LogP) is 2.66. The van der Waals surface area contributed by atoms with Gasteiger partial charge in [0.15, 0.2) is 5.78 Å². The van der Waals surface area contributed by atoms with E-state index in [2.05, 4.69) is 21.2 Å². The number of carbonyl (C=O) groups is 3. The van der Waals surface area contributed by atoms with Gasteiger partial charge in [0, 0.05) is 28.6 Å². The van der Waals surface area contributed by atoms with Crippen molar-refractivity contribution in [2.75, 3.05) is 12.4 Å². The Kier molecular flexibility index (Phi) is 3.98. The normalized spacial score (nSPS) is 25.3. The van der Waals surface area contributed by atoms with E-state index in [0.717, 1.165) is 4.47 Å². The molecule has 28 heavy (non-hydrogen) atoms. The van der Waals surface area contributed by atoms with Crippen molar-refractivity contribution >= 4 is 39.3 Å². The van der Waals surface area contributed by atoms with Crippen molar-refractivity contribution in [3.63, 3.8) is 0 Å². The van der Waals surface area contributed by atoms with Gasteiger partial charge in [-0.25, -0.2) is 4.79 Å². The molecule has 2 aliphatic heterocycles. The highest BCUT2D eigenvalue weighted by atomic mass is 79.9. The number of esters is 1. The number of rotatable bonds is 1. The molecule has 0 bridgehead atoms. The Morgan fingerprint density at radius 3 is 2.68 bits per heavy atom. The molecule has 2 heterocycles. The molecular weight excluding hydrogens is 428 g/mol. The molecule has 7 nitrogen and oxygen atoms in total. The summed E-state index contributed by atoms with van der Waals surface area (Å²) in [7, 11) is 1.20. The van der Waals surface area contributed by atoms with Gasteiger partial charge in [-0.1, -0.05) is 35.8 Å². The average molecular weight is 447 g/mol. The van der Waals surface area contributed by atoms with E-state index < -0.39 is 17.3 Å². The number of hydrogen-bond acceptors (Lipinski definition) is 6. The van der Waals surface area contributed by atoms with E-state index in [9.17, 15) is 14.4 Å². The Balaban J connectivity index is 2.09. The standard InChI is InChI=1S/C20H19BrN2O5/c1-19(2)7-12(24)14-13(8-19)28-16(22)15(17(25)27-3)20(14)10-5-4-9(21)6-11(10)23-18(20)26/h4-6H,7-8,22H2,1-3H3,(H,23,26). The van der Waals surface area contributed by atoms with E-state index >= 15 is 0 Å². The minimum Gasteiger partial charge on any atom is -0.465 e. The maximum absolute atomic E-state index is 13.4. The van der Waals surface area contributed by atoms with E-state index in [1.165, 1.54) is 7.11 Å². The molecule has 0 radical (unpaired) electrons. The van der Waals surface area contributed by atoms with E-state index in [-0.39, 0.29) is 34.6 Å². The van der Waals surface area contributed by atoms with Gasteiger partial charge in [0.1, 0.15) is 16.7 Å². The van der Waals surface area contributed by atoms with Crippen LogP contribution in [0.4, 0.5) is 5.69 Å². The van der Waals surface area contributed by atoms with Gasteiger partial charge in [-0.2, -0.15) is 0 Å². The topological polar surface area (TPSA) is 108 Å². The number of ketones is 1. The zero-order chi connectivity index (χ0) is 20.4. The summed E-state index contributed by atoms with van der Waals surface area (Å²) in [6.07, 6.45) is 0.647. The molecule has 0 saturated heterocycles. The first-order valence-electron chi connectivity index (χ1n) is 8.76. The van der Waals surface area contributed by atoms with Crippen molar-refractivity contribution in [3.8, 4) is 0 Å². The molecule has 3 aliphatic rings. The van der Waals surface area contributed by atoms with Gasteiger partial charge in [0.25, 0.3) is 0 Å². The number of Topliss-reactive ketones (excluding diaryl/α,β-unsaturated/α-hetero) is 1. The number of nitrogens with one attached hydrogen (secondary N) is 1. The zero-order valence-electron chi connectivity index (χ0n) is 15.6. The van der Waals surface area contributed by atoms with Crippen LogP contribution in [0.15, 0.2) is 45.5 Å². The summed E-state index contributed by atoms with van der Waals surface area (Å²) in [6, 6.07) is 5.18. The van der Waals surface area contributed by atoms with Crippen LogP contribution >= 0.6 is 15.9 Å². The number of hydrogen-bond donors (Lipinski definition) is 2. The number of methoxy groups -OCH3 is 1. The molecule has 3 N–H and O–H groups in total. The molecule has 1 unspecified atom stereocenters. The summed E-state index contributed by atoms with van der Waals surface area (Å²) in [6.45, 7) is 3.89. The predicted molar refractivity (Wildman–Crippen MR) is 104 cm³/mol. The summed E-state index contributed by atoms with van der Waals surface area (Å²) < 4.78 is 11.4. The Labute approximate surface area is 170 Å². The maximum Gasteiger partial charge on any atom is 0.340 e. The average Bonchev–Trinajstić information content (AvgIpc) is 2.84. The van der Waals surface area contributed by atoms with Gasteiger partial charge in [0.05, 0.1) is 12.7 Å². The van der Waals surface area contributed by atoms with Crippen molar-refractivity contribution in [1.29, 1.82) is 0 Å². The number of allylic oxidation sites excluding steroid dienone is 1. The maximum atomic E-state index is 13.4. The SMILES string of the molecule is COC(=O)C1=C(N)OC2=C(C(=O)CC(C)(C)C2)C12C(=O)Nc1cc(Br)ccc12. The Morgan fingerprint density at radius 2 is 2.00 bits per heavy atom. The van der Waals surface area contributed by atoms with Crippen LogP contribution in [0.3, 0.4) is 0 Å². The molecule has 1 spiro atoms. The monoisotopic (exact) mass is 446 g/mol. The van der Waals surface area contributed by atoms with Crippen LogP contribution in [-0.4, -0.2) is 24.8 Å². The zero-order valence-corrected chi connectivity index (χ0v) is 17.2. The van der Waals surface area contributed by atoms with E-state index in [1.807, 2.05) is 13.8 Å². The molecule has 0 fully saturated rings. The van der Waals surface area contributed by atoms with Crippen LogP contribution in [-0.2, 0) is 29.3 Å². The number of carbonyl (C=O) groups excluding carboxylic acids is 3. The first-order valence-corrected chi connectivity index (χ1v) is 9.56. The van der Waals surface area contributed by atoms with E-state index in [0.29, 0.717) is 23.4 Å². The molecule has 146 valence electrons. The third-order valence-electron chi connectivity index (χ3n) is 5.43.